The van der Waals surface area contributed by atoms with Gasteiger partial charge in [0.15, 0.2) is 0 Å². The number of rotatable bonds is 4. The lowest BCUT2D eigenvalue weighted by Crippen LogP contribution is -2.48. The molecule has 3 nitrogen and oxygen atoms in total. The SMILES string of the molecule is Cc1cc(C)cc(CC(C)NC(=O)C2(O)CCCC2)c1. The van der Waals surface area contributed by atoms with Crippen LogP contribution < -0.4 is 5.32 Å². The molecule has 0 heterocycles. The van der Waals surface area contributed by atoms with Gasteiger partial charge in [-0.15, -0.1) is 0 Å². The minimum absolute atomic E-state index is 0.0355. The molecule has 2 rings (SSSR count). The van der Waals surface area contributed by atoms with Gasteiger partial charge in [-0.1, -0.05) is 29.3 Å². The molecule has 0 aromatic heterocycles. The van der Waals surface area contributed by atoms with Gasteiger partial charge in [0.2, 0.25) is 0 Å². The van der Waals surface area contributed by atoms with Gasteiger partial charge in [0, 0.05) is 6.04 Å². The van der Waals surface area contributed by atoms with Crippen molar-refractivity contribution >= 4 is 5.91 Å². The molecule has 3 heteroatoms. The van der Waals surface area contributed by atoms with Crippen molar-refractivity contribution in [1.82, 2.24) is 5.32 Å². The average molecular weight is 275 g/mol. The van der Waals surface area contributed by atoms with Gasteiger partial charge in [-0.3, -0.25) is 4.79 Å². The summed E-state index contributed by atoms with van der Waals surface area (Å²) in [5.74, 6) is -0.202. The van der Waals surface area contributed by atoms with Crippen LogP contribution in [0.15, 0.2) is 18.2 Å². The zero-order valence-corrected chi connectivity index (χ0v) is 12.7. The Morgan fingerprint density at radius 3 is 2.35 bits per heavy atom. The maximum Gasteiger partial charge on any atom is 0.252 e. The normalized spacial score (nSPS) is 18.8. The van der Waals surface area contributed by atoms with Crippen LogP contribution in [-0.4, -0.2) is 22.7 Å². The zero-order chi connectivity index (χ0) is 14.8. The van der Waals surface area contributed by atoms with Crippen LogP contribution in [0.4, 0.5) is 0 Å². The smallest absolute Gasteiger partial charge is 0.252 e. The van der Waals surface area contributed by atoms with Gasteiger partial charge in [-0.25, -0.2) is 0 Å². The van der Waals surface area contributed by atoms with Crippen LogP contribution in [0.5, 0.6) is 0 Å². The molecule has 1 aliphatic carbocycles. The molecule has 1 amide bonds. The summed E-state index contributed by atoms with van der Waals surface area (Å²) in [6.07, 6.45) is 3.86. The van der Waals surface area contributed by atoms with Gasteiger partial charge in [-0.2, -0.15) is 0 Å². The monoisotopic (exact) mass is 275 g/mol. The first kappa shape index (κ1) is 15.0. The Hall–Kier alpha value is -1.35. The first-order chi connectivity index (χ1) is 9.39. The molecule has 110 valence electrons. The molecule has 0 radical (unpaired) electrons. The van der Waals surface area contributed by atoms with E-state index >= 15 is 0 Å². The van der Waals surface area contributed by atoms with Crippen LogP contribution in [0.3, 0.4) is 0 Å². The highest BCUT2D eigenvalue weighted by atomic mass is 16.3. The fraction of sp³-hybridized carbons (Fsp3) is 0.588. The first-order valence-corrected chi connectivity index (χ1v) is 7.49. The molecule has 0 spiro atoms. The first-order valence-electron chi connectivity index (χ1n) is 7.49. The summed E-state index contributed by atoms with van der Waals surface area (Å²) in [5.41, 5.74) is 2.59. The van der Waals surface area contributed by atoms with Crippen molar-refractivity contribution in [2.45, 2.75) is 64.5 Å². The topological polar surface area (TPSA) is 49.3 Å². The van der Waals surface area contributed by atoms with Crippen LogP contribution >= 0.6 is 0 Å². The van der Waals surface area contributed by atoms with E-state index in [-0.39, 0.29) is 11.9 Å². The molecule has 1 aliphatic rings. The fourth-order valence-corrected chi connectivity index (χ4v) is 3.14. The highest BCUT2D eigenvalue weighted by molar-refractivity contribution is 5.85. The minimum atomic E-state index is -1.13. The highest BCUT2D eigenvalue weighted by Gasteiger charge is 2.39. The molecule has 1 aromatic carbocycles. The van der Waals surface area contributed by atoms with E-state index in [1.807, 2.05) is 6.92 Å². The molecule has 1 unspecified atom stereocenters. The van der Waals surface area contributed by atoms with Crippen molar-refractivity contribution in [3.8, 4) is 0 Å². The summed E-state index contributed by atoms with van der Waals surface area (Å²) in [7, 11) is 0. The number of aryl methyl sites for hydroxylation is 2. The number of aliphatic hydroxyl groups is 1. The number of hydrogen-bond donors (Lipinski definition) is 2. The number of nitrogens with one attached hydrogen (secondary N) is 1. The number of amides is 1. The van der Waals surface area contributed by atoms with E-state index in [2.05, 4.69) is 37.4 Å². The summed E-state index contributed by atoms with van der Waals surface area (Å²) in [4.78, 5) is 12.1. The Bertz CT molecular complexity index is 470. The van der Waals surface area contributed by atoms with E-state index in [0.717, 1.165) is 19.3 Å². The fourth-order valence-electron chi connectivity index (χ4n) is 3.14. The van der Waals surface area contributed by atoms with E-state index in [1.54, 1.807) is 0 Å². The maximum atomic E-state index is 12.1. The quantitative estimate of drug-likeness (QED) is 0.887. The summed E-state index contributed by atoms with van der Waals surface area (Å²) in [6, 6.07) is 6.49. The number of carbonyl (C=O) groups is 1. The van der Waals surface area contributed by atoms with Crippen molar-refractivity contribution in [3.63, 3.8) is 0 Å². The van der Waals surface area contributed by atoms with Gasteiger partial charge < -0.3 is 10.4 Å². The van der Waals surface area contributed by atoms with E-state index in [4.69, 9.17) is 0 Å². The van der Waals surface area contributed by atoms with Gasteiger partial charge in [0.05, 0.1) is 0 Å². The van der Waals surface area contributed by atoms with E-state index in [1.165, 1.54) is 16.7 Å². The van der Waals surface area contributed by atoms with Crippen LogP contribution in [0.1, 0.15) is 49.3 Å². The van der Waals surface area contributed by atoms with Crippen molar-refractivity contribution < 1.29 is 9.90 Å². The van der Waals surface area contributed by atoms with Crippen LogP contribution in [-0.2, 0) is 11.2 Å². The third-order valence-corrected chi connectivity index (χ3v) is 4.05. The van der Waals surface area contributed by atoms with Gasteiger partial charge >= 0.3 is 0 Å². The molecule has 0 bridgehead atoms. The van der Waals surface area contributed by atoms with Crippen molar-refractivity contribution in [1.29, 1.82) is 0 Å². The molecule has 1 saturated carbocycles. The second-order valence-electron chi connectivity index (χ2n) is 6.31. The van der Waals surface area contributed by atoms with E-state index in [0.29, 0.717) is 12.8 Å². The van der Waals surface area contributed by atoms with Crippen LogP contribution in [0, 0.1) is 13.8 Å². The summed E-state index contributed by atoms with van der Waals surface area (Å²) in [5, 5.41) is 13.2. The zero-order valence-electron chi connectivity index (χ0n) is 12.7. The van der Waals surface area contributed by atoms with E-state index in [9.17, 15) is 9.90 Å². The highest BCUT2D eigenvalue weighted by Crippen LogP contribution is 2.29. The predicted molar refractivity (Wildman–Crippen MR) is 80.6 cm³/mol. The minimum Gasteiger partial charge on any atom is -0.380 e. The molecule has 2 N–H and O–H groups in total. The molecule has 0 aliphatic heterocycles. The van der Waals surface area contributed by atoms with Gasteiger partial charge in [0.1, 0.15) is 5.60 Å². The molecule has 0 saturated heterocycles. The average Bonchev–Trinajstić information content (AvgIpc) is 2.75. The van der Waals surface area contributed by atoms with Gasteiger partial charge in [-0.05, 0) is 58.4 Å². The number of hydrogen-bond acceptors (Lipinski definition) is 2. The Morgan fingerprint density at radius 2 is 1.80 bits per heavy atom. The molecular formula is C17H25NO2. The van der Waals surface area contributed by atoms with Crippen LogP contribution in [0.25, 0.3) is 0 Å². The Kier molecular flexibility index (Phi) is 4.48. The third kappa shape index (κ3) is 3.60. The van der Waals surface area contributed by atoms with Crippen molar-refractivity contribution in [2.75, 3.05) is 0 Å². The van der Waals surface area contributed by atoms with Gasteiger partial charge in [0.25, 0.3) is 5.91 Å². The third-order valence-electron chi connectivity index (χ3n) is 4.05. The molecule has 1 aromatic rings. The summed E-state index contributed by atoms with van der Waals surface area (Å²) < 4.78 is 0. The Morgan fingerprint density at radius 1 is 1.25 bits per heavy atom. The van der Waals surface area contributed by atoms with Crippen molar-refractivity contribution in [3.05, 3.63) is 34.9 Å². The lowest BCUT2D eigenvalue weighted by Gasteiger charge is -2.24. The second-order valence-corrected chi connectivity index (χ2v) is 6.31. The van der Waals surface area contributed by atoms with Crippen LogP contribution in [0.2, 0.25) is 0 Å². The number of carbonyl (C=O) groups excluding carboxylic acids is 1. The maximum absolute atomic E-state index is 12.1. The van der Waals surface area contributed by atoms with E-state index < -0.39 is 5.60 Å². The molecule has 1 fully saturated rings. The summed E-state index contributed by atoms with van der Waals surface area (Å²) in [6.45, 7) is 6.16. The largest absolute Gasteiger partial charge is 0.380 e. The lowest BCUT2D eigenvalue weighted by atomic mass is 9.99. The molecule has 20 heavy (non-hydrogen) atoms. The molecular weight excluding hydrogens is 250 g/mol. The summed E-state index contributed by atoms with van der Waals surface area (Å²) >= 11 is 0. The standard InChI is InChI=1S/C17H25NO2/c1-12-8-13(2)10-15(9-12)11-14(3)18-16(19)17(20)6-4-5-7-17/h8-10,14,20H,4-7,11H2,1-3H3,(H,18,19). The Labute approximate surface area is 121 Å². The number of benzene rings is 1. The predicted octanol–water partition coefficient (Wildman–Crippen LogP) is 2.66. The Balaban J connectivity index is 1.95. The lowest BCUT2D eigenvalue weighted by molar-refractivity contribution is -0.139. The molecule has 1 atom stereocenters. The van der Waals surface area contributed by atoms with Crippen molar-refractivity contribution in [2.24, 2.45) is 0 Å². The second kappa shape index (κ2) is 5.96.